The van der Waals surface area contributed by atoms with E-state index in [1.807, 2.05) is 13.8 Å². The van der Waals surface area contributed by atoms with Crippen LogP contribution >= 0.6 is 23.2 Å². The topological polar surface area (TPSA) is 46.2 Å². The summed E-state index contributed by atoms with van der Waals surface area (Å²) in [6.07, 6.45) is 1.71. The van der Waals surface area contributed by atoms with Gasteiger partial charge in [0.05, 0.1) is 15.7 Å². The number of sulfone groups is 1. The van der Waals surface area contributed by atoms with Crippen molar-refractivity contribution in [1.82, 2.24) is 5.32 Å². The summed E-state index contributed by atoms with van der Waals surface area (Å²) in [5, 5.41) is 3.81. The summed E-state index contributed by atoms with van der Waals surface area (Å²) in [6.45, 7) is 4.81. The molecule has 0 aromatic heterocycles. The lowest BCUT2D eigenvalue weighted by Crippen LogP contribution is -2.35. The molecule has 0 aliphatic rings. The second kappa shape index (κ2) is 7.48. The van der Waals surface area contributed by atoms with Gasteiger partial charge in [-0.25, -0.2) is 8.42 Å². The highest BCUT2D eigenvalue weighted by Crippen LogP contribution is 2.26. The van der Waals surface area contributed by atoms with Crippen LogP contribution in [0.25, 0.3) is 0 Å². The Bertz CT molecular complexity index is 517. The molecule has 1 atom stereocenters. The first kappa shape index (κ1) is 16.8. The van der Waals surface area contributed by atoms with Crippen LogP contribution in [0.2, 0.25) is 10.0 Å². The first-order chi connectivity index (χ1) is 8.90. The van der Waals surface area contributed by atoms with Crippen molar-refractivity contribution in [3.05, 3.63) is 28.2 Å². The van der Waals surface area contributed by atoms with Gasteiger partial charge in [-0.2, -0.15) is 0 Å². The van der Waals surface area contributed by atoms with E-state index in [0.29, 0.717) is 5.02 Å². The fraction of sp³-hybridized carbons (Fsp3) is 0.538. The third-order valence-corrected chi connectivity index (χ3v) is 5.35. The Kier molecular flexibility index (Phi) is 6.60. The molecule has 1 aromatic carbocycles. The van der Waals surface area contributed by atoms with Crippen molar-refractivity contribution in [2.75, 3.05) is 12.3 Å². The lowest BCUT2D eigenvalue weighted by Gasteiger charge is -2.17. The number of rotatable bonds is 7. The van der Waals surface area contributed by atoms with E-state index in [-0.39, 0.29) is 21.7 Å². The van der Waals surface area contributed by atoms with Gasteiger partial charge < -0.3 is 5.32 Å². The molecule has 1 unspecified atom stereocenters. The van der Waals surface area contributed by atoms with Gasteiger partial charge in [0, 0.05) is 11.1 Å². The van der Waals surface area contributed by atoms with Gasteiger partial charge in [0.15, 0.2) is 9.84 Å². The van der Waals surface area contributed by atoms with Crippen molar-refractivity contribution in [2.45, 2.75) is 37.6 Å². The number of nitrogens with one attached hydrogen (secondary N) is 1. The third kappa shape index (κ3) is 4.95. The Morgan fingerprint density at radius 2 is 1.95 bits per heavy atom. The van der Waals surface area contributed by atoms with Gasteiger partial charge in [-0.05, 0) is 37.6 Å². The van der Waals surface area contributed by atoms with Crippen LogP contribution in [0.1, 0.15) is 26.7 Å². The Morgan fingerprint density at radius 3 is 2.53 bits per heavy atom. The average Bonchev–Trinajstić information content (AvgIpc) is 2.37. The lowest BCUT2D eigenvalue weighted by atomic mass is 10.2. The molecule has 0 saturated carbocycles. The van der Waals surface area contributed by atoms with E-state index in [2.05, 4.69) is 5.32 Å². The third-order valence-electron chi connectivity index (χ3n) is 2.82. The normalized spacial score (nSPS) is 13.5. The second-order valence-corrected chi connectivity index (χ2v) is 7.26. The largest absolute Gasteiger partial charge is 0.313 e. The summed E-state index contributed by atoms with van der Waals surface area (Å²) in [6, 6.07) is 4.43. The molecule has 3 nitrogen and oxygen atoms in total. The maximum atomic E-state index is 12.4. The van der Waals surface area contributed by atoms with Crippen molar-refractivity contribution >= 4 is 33.0 Å². The maximum absolute atomic E-state index is 12.4. The summed E-state index contributed by atoms with van der Waals surface area (Å²) in [4.78, 5) is 0.110. The van der Waals surface area contributed by atoms with Crippen LogP contribution in [0.3, 0.4) is 0 Å². The van der Waals surface area contributed by atoms with E-state index in [1.54, 1.807) is 6.07 Å². The zero-order chi connectivity index (χ0) is 14.5. The van der Waals surface area contributed by atoms with Crippen LogP contribution in [0, 0.1) is 0 Å². The van der Waals surface area contributed by atoms with Gasteiger partial charge in [0.25, 0.3) is 0 Å². The highest BCUT2D eigenvalue weighted by molar-refractivity contribution is 7.91. The summed E-state index contributed by atoms with van der Waals surface area (Å²) in [7, 11) is -3.43. The van der Waals surface area contributed by atoms with Crippen molar-refractivity contribution in [2.24, 2.45) is 0 Å². The first-order valence-corrected chi connectivity index (χ1v) is 8.72. The Labute approximate surface area is 125 Å². The van der Waals surface area contributed by atoms with Crippen molar-refractivity contribution in [1.29, 1.82) is 0 Å². The van der Waals surface area contributed by atoms with E-state index in [0.717, 1.165) is 19.4 Å². The second-order valence-electron chi connectivity index (χ2n) is 4.42. The molecular formula is C13H19Cl2NO2S. The van der Waals surface area contributed by atoms with Gasteiger partial charge in [0.2, 0.25) is 0 Å². The van der Waals surface area contributed by atoms with Crippen LogP contribution in [-0.4, -0.2) is 26.8 Å². The molecule has 6 heteroatoms. The van der Waals surface area contributed by atoms with Gasteiger partial charge in [-0.1, -0.05) is 37.0 Å². The molecule has 0 amide bonds. The van der Waals surface area contributed by atoms with Crippen LogP contribution in [0.4, 0.5) is 0 Å². The molecule has 108 valence electrons. The number of hydrogen-bond donors (Lipinski definition) is 1. The molecule has 0 radical (unpaired) electrons. The minimum atomic E-state index is -3.43. The zero-order valence-corrected chi connectivity index (χ0v) is 13.4. The minimum absolute atomic E-state index is 0.0313. The molecule has 0 spiro atoms. The average molecular weight is 324 g/mol. The molecule has 0 heterocycles. The SMILES string of the molecule is CCCNC(CC)CS(=O)(=O)c1cc(Cl)ccc1Cl. The van der Waals surface area contributed by atoms with E-state index in [4.69, 9.17) is 23.2 Å². The maximum Gasteiger partial charge on any atom is 0.181 e. The Balaban J connectivity index is 2.93. The Hall–Kier alpha value is -0.290. The molecule has 1 rings (SSSR count). The molecule has 0 saturated heterocycles. The van der Waals surface area contributed by atoms with Crippen molar-refractivity contribution < 1.29 is 8.42 Å². The fourth-order valence-corrected chi connectivity index (χ4v) is 4.18. The monoisotopic (exact) mass is 323 g/mol. The molecule has 0 aliphatic heterocycles. The van der Waals surface area contributed by atoms with Gasteiger partial charge in [-0.3, -0.25) is 0 Å². The highest BCUT2D eigenvalue weighted by atomic mass is 35.5. The lowest BCUT2D eigenvalue weighted by molar-refractivity contribution is 0.519. The quantitative estimate of drug-likeness (QED) is 0.834. The predicted octanol–water partition coefficient (Wildman–Crippen LogP) is 3.55. The van der Waals surface area contributed by atoms with Gasteiger partial charge in [-0.15, -0.1) is 0 Å². The standard InChI is InChI=1S/C13H19Cl2NO2S/c1-3-7-16-11(4-2)9-19(17,18)13-8-10(14)5-6-12(13)15/h5-6,8,11,16H,3-4,7,9H2,1-2H3. The van der Waals surface area contributed by atoms with Gasteiger partial charge >= 0.3 is 0 Å². The van der Waals surface area contributed by atoms with Crippen molar-refractivity contribution in [3.8, 4) is 0 Å². The van der Waals surface area contributed by atoms with E-state index >= 15 is 0 Å². The van der Waals surface area contributed by atoms with E-state index < -0.39 is 9.84 Å². The minimum Gasteiger partial charge on any atom is -0.313 e. The fourth-order valence-electron chi connectivity index (χ4n) is 1.74. The van der Waals surface area contributed by atoms with Crippen molar-refractivity contribution in [3.63, 3.8) is 0 Å². The highest BCUT2D eigenvalue weighted by Gasteiger charge is 2.22. The molecule has 0 aliphatic carbocycles. The van der Waals surface area contributed by atoms with Crippen LogP contribution in [-0.2, 0) is 9.84 Å². The van der Waals surface area contributed by atoms with E-state index in [9.17, 15) is 8.42 Å². The molecule has 1 aromatic rings. The van der Waals surface area contributed by atoms with Gasteiger partial charge in [0.1, 0.15) is 0 Å². The molecule has 19 heavy (non-hydrogen) atoms. The molecule has 1 N–H and O–H groups in total. The summed E-state index contributed by atoms with van der Waals surface area (Å²) in [5.41, 5.74) is 0. The van der Waals surface area contributed by atoms with Crippen LogP contribution in [0.5, 0.6) is 0 Å². The summed E-state index contributed by atoms with van der Waals surface area (Å²) < 4.78 is 24.7. The number of hydrogen-bond acceptors (Lipinski definition) is 3. The van der Waals surface area contributed by atoms with Crippen LogP contribution in [0.15, 0.2) is 23.1 Å². The Morgan fingerprint density at radius 1 is 1.26 bits per heavy atom. The first-order valence-electron chi connectivity index (χ1n) is 6.32. The predicted molar refractivity (Wildman–Crippen MR) is 80.9 cm³/mol. The molecular weight excluding hydrogens is 305 g/mol. The number of benzene rings is 1. The molecule has 0 fully saturated rings. The smallest absolute Gasteiger partial charge is 0.181 e. The molecule has 0 bridgehead atoms. The summed E-state index contributed by atoms with van der Waals surface area (Å²) >= 11 is 11.8. The number of halogens is 2. The summed E-state index contributed by atoms with van der Waals surface area (Å²) in [5.74, 6) is 0.0313. The van der Waals surface area contributed by atoms with E-state index in [1.165, 1.54) is 12.1 Å². The van der Waals surface area contributed by atoms with Crippen LogP contribution < -0.4 is 5.32 Å². The zero-order valence-electron chi connectivity index (χ0n) is 11.1.